The molecule has 0 bridgehead atoms. The summed E-state index contributed by atoms with van der Waals surface area (Å²) < 4.78 is 0. The van der Waals surface area contributed by atoms with Crippen molar-refractivity contribution in [2.24, 2.45) is 0 Å². The molecule has 4 nitrogen and oxygen atoms in total. The maximum atomic E-state index is 10.3. The summed E-state index contributed by atoms with van der Waals surface area (Å²) in [6.07, 6.45) is 11.7. The molecule has 0 fully saturated rings. The van der Waals surface area contributed by atoms with E-state index in [0.29, 0.717) is 0 Å². The molecule has 0 saturated carbocycles. The summed E-state index contributed by atoms with van der Waals surface area (Å²) >= 11 is 0. The van der Waals surface area contributed by atoms with E-state index in [1.165, 1.54) is 6.08 Å². The van der Waals surface area contributed by atoms with Gasteiger partial charge in [-0.15, -0.1) is 0 Å². The normalized spacial score (nSPS) is 12.6. The molecule has 0 spiro atoms. The summed E-state index contributed by atoms with van der Waals surface area (Å²) in [6.45, 7) is 3.39. The number of carboxylic acid groups (broad SMARTS) is 1. The standard InChI is InChI=1S/C20H28O4/c1-2-18(21)14-12-13-16-19(22)15-10-8-6-4-3-5-7-9-11-17-20(23)24/h2,10,15,18-19,21-22H,1,3-9,11,17H2,(H,23,24)/b15-10-/t18-,19+/m1/s1. The Labute approximate surface area is 145 Å². The van der Waals surface area contributed by atoms with Crippen molar-refractivity contribution < 1.29 is 20.1 Å². The van der Waals surface area contributed by atoms with E-state index in [1.807, 2.05) is 6.08 Å². The van der Waals surface area contributed by atoms with Crippen molar-refractivity contribution in [2.75, 3.05) is 0 Å². The van der Waals surface area contributed by atoms with Crippen LogP contribution >= 0.6 is 0 Å². The van der Waals surface area contributed by atoms with Crippen LogP contribution in [0.25, 0.3) is 0 Å². The highest BCUT2D eigenvalue weighted by Crippen LogP contribution is 2.10. The van der Waals surface area contributed by atoms with E-state index in [9.17, 15) is 9.90 Å². The van der Waals surface area contributed by atoms with Crippen LogP contribution in [0.4, 0.5) is 0 Å². The number of hydrogen-bond donors (Lipinski definition) is 3. The van der Waals surface area contributed by atoms with Gasteiger partial charge in [-0.3, -0.25) is 4.79 Å². The number of aliphatic carboxylic acids is 1. The number of aliphatic hydroxyl groups excluding tert-OH is 2. The molecule has 0 aromatic heterocycles. The first kappa shape index (κ1) is 22.0. The lowest BCUT2D eigenvalue weighted by Crippen LogP contribution is -1.97. The number of aliphatic hydroxyl groups is 2. The van der Waals surface area contributed by atoms with Crippen LogP contribution in [-0.2, 0) is 4.79 Å². The Balaban J connectivity index is 3.57. The van der Waals surface area contributed by atoms with E-state index in [2.05, 4.69) is 30.3 Å². The fourth-order valence-corrected chi connectivity index (χ4v) is 1.97. The minimum Gasteiger partial charge on any atom is -0.481 e. The van der Waals surface area contributed by atoms with Crippen LogP contribution in [0.3, 0.4) is 0 Å². The molecule has 0 heterocycles. The minimum absolute atomic E-state index is 0.274. The van der Waals surface area contributed by atoms with Gasteiger partial charge in [0.25, 0.3) is 0 Å². The van der Waals surface area contributed by atoms with Crippen LogP contribution in [0.2, 0.25) is 0 Å². The molecule has 132 valence electrons. The molecule has 0 aromatic carbocycles. The van der Waals surface area contributed by atoms with Crippen molar-refractivity contribution in [1.29, 1.82) is 0 Å². The van der Waals surface area contributed by atoms with E-state index < -0.39 is 18.2 Å². The Bertz CT molecular complexity index is 499. The van der Waals surface area contributed by atoms with Crippen LogP contribution in [0.5, 0.6) is 0 Å². The first-order valence-corrected chi connectivity index (χ1v) is 8.44. The van der Waals surface area contributed by atoms with E-state index in [-0.39, 0.29) is 6.42 Å². The largest absolute Gasteiger partial charge is 0.481 e. The molecule has 0 rings (SSSR count). The Kier molecular flexibility index (Phi) is 14.5. The lowest BCUT2D eigenvalue weighted by molar-refractivity contribution is -0.137. The van der Waals surface area contributed by atoms with Crippen molar-refractivity contribution in [2.45, 2.75) is 70.0 Å². The smallest absolute Gasteiger partial charge is 0.303 e. The Morgan fingerprint density at radius 2 is 1.46 bits per heavy atom. The van der Waals surface area contributed by atoms with Crippen molar-refractivity contribution in [3.05, 3.63) is 24.8 Å². The van der Waals surface area contributed by atoms with Gasteiger partial charge >= 0.3 is 5.97 Å². The van der Waals surface area contributed by atoms with Gasteiger partial charge in [0.1, 0.15) is 12.2 Å². The topological polar surface area (TPSA) is 77.8 Å². The summed E-state index contributed by atoms with van der Waals surface area (Å²) in [5, 5.41) is 27.2. The summed E-state index contributed by atoms with van der Waals surface area (Å²) in [6, 6.07) is 0. The lowest BCUT2D eigenvalue weighted by atomic mass is 10.1. The first-order valence-electron chi connectivity index (χ1n) is 8.44. The third-order valence-electron chi connectivity index (χ3n) is 3.31. The van der Waals surface area contributed by atoms with Crippen LogP contribution in [0, 0.1) is 23.7 Å². The summed E-state index contributed by atoms with van der Waals surface area (Å²) in [7, 11) is 0. The molecule has 4 heteroatoms. The van der Waals surface area contributed by atoms with Gasteiger partial charge in [-0.05, 0) is 37.2 Å². The van der Waals surface area contributed by atoms with Crippen LogP contribution in [0.15, 0.2) is 24.8 Å². The van der Waals surface area contributed by atoms with Gasteiger partial charge in [-0.1, -0.05) is 62.7 Å². The zero-order valence-corrected chi connectivity index (χ0v) is 14.2. The molecule has 0 unspecified atom stereocenters. The summed E-state index contributed by atoms with van der Waals surface area (Å²) in [5.41, 5.74) is 0. The zero-order chi connectivity index (χ0) is 18.0. The minimum atomic E-state index is -0.885. The lowest BCUT2D eigenvalue weighted by Gasteiger charge is -2.00. The quantitative estimate of drug-likeness (QED) is 0.292. The molecule has 0 amide bonds. The molecule has 0 radical (unpaired) electrons. The summed E-state index contributed by atoms with van der Waals surface area (Å²) in [4.78, 5) is 10.3. The van der Waals surface area contributed by atoms with Crippen molar-refractivity contribution in [3.63, 3.8) is 0 Å². The molecule has 0 saturated heterocycles. The van der Waals surface area contributed by atoms with Gasteiger partial charge in [0.15, 0.2) is 0 Å². The Morgan fingerprint density at radius 3 is 2.04 bits per heavy atom. The van der Waals surface area contributed by atoms with Crippen molar-refractivity contribution in [1.82, 2.24) is 0 Å². The van der Waals surface area contributed by atoms with Crippen LogP contribution in [-0.4, -0.2) is 33.5 Å². The maximum absolute atomic E-state index is 10.3. The molecule has 2 atom stereocenters. The molecule has 24 heavy (non-hydrogen) atoms. The third-order valence-corrected chi connectivity index (χ3v) is 3.31. The molecular weight excluding hydrogens is 304 g/mol. The SMILES string of the molecule is C=C[C@@H](O)C#CC#C[C@@H](O)/C=C\CCCCCCCCCC(=O)O. The molecular formula is C20H28O4. The number of rotatable bonds is 12. The Morgan fingerprint density at radius 1 is 0.917 bits per heavy atom. The molecule has 0 aliphatic rings. The monoisotopic (exact) mass is 332 g/mol. The number of allylic oxidation sites excluding steroid dienone is 1. The van der Waals surface area contributed by atoms with Gasteiger partial charge in [0.05, 0.1) is 0 Å². The van der Waals surface area contributed by atoms with E-state index in [1.54, 1.807) is 6.08 Å². The fraction of sp³-hybridized carbons (Fsp3) is 0.550. The zero-order valence-electron chi connectivity index (χ0n) is 14.2. The average molecular weight is 332 g/mol. The number of hydrogen-bond acceptors (Lipinski definition) is 3. The fourth-order valence-electron chi connectivity index (χ4n) is 1.97. The molecule has 0 aliphatic heterocycles. The van der Waals surface area contributed by atoms with Gasteiger partial charge in [0, 0.05) is 6.42 Å². The second-order valence-electron chi connectivity index (χ2n) is 5.50. The van der Waals surface area contributed by atoms with E-state index in [0.717, 1.165) is 51.4 Å². The average Bonchev–Trinajstić information content (AvgIpc) is 2.56. The number of carboxylic acids is 1. The number of carbonyl (C=O) groups is 1. The van der Waals surface area contributed by atoms with Gasteiger partial charge in [0.2, 0.25) is 0 Å². The highest BCUT2D eigenvalue weighted by atomic mass is 16.4. The van der Waals surface area contributed by atoms with E-state index in [4.69, 9.17) is 10.2 Å². The van der Waals surface area contributed by atoms with Gasteiger partial charge < -0.3 is 15.3 Å². The van der Waals surface area contributed by atoms with Gasteiger partial charge in [-0.2, -0.15) is 0 Å². The predicted molar refractivity (Wildman–Crippen MR) is 96.1 cm³/mol. The first-order chi connectivity index (χ1) is 11.6. The highest BCUT2D eigenvalue weighted by molar-refractivity contribution is 5.66. The molecule has 3 N–H and O–H groups in total. The molecule has 0 aliphatic carbocycles. The Hall–Kier alpha value is -2.01. The third kappa shape index (κ3) is 16.4. The highest BCUT2D eigenvalue weighted by Gasteiger charge is 1.96. The van der Waals surface area contributed by atoms with E-state index >= 15 is 0 Å². The van der Waals surface area contributed by atoms with Crippen LogP contribution < -0.4 is 0 Å². The maximum Gasteiger partial charge on any atom is 0.303 e. The second-order valence-corrected chi connectivity index (χ2v) is 5.50. The van der Waals surface area contributed by atoms with Gasteiger partial charge in [-0.25, -0.2) is 0 Å². The van der Waals surface area contributed by atoms with Crippen LogP contribution in [0.1, 0.15) is 57.8 Å². The molecule has 0 aromatic rings. The second kappa shape index (κ2) is 15.9. The predicted octanol–water partition coefficient (Wildman–Crippen LogP) is 3.05. The number of unbranched alkanes of at least 4 members (excludes halogenated alkanes) is 7. The summed E-state index contributed by atoms with van der Waals surface area (Å²) in [5.74, 6) is 9.24. The van der Waals surface area contributed by atoms with Crippen molar-refractivity contribution >= 4 is 5.97 Å². The van der Waals surface area contributed by atoms with Crippen molar-refractivity contribution in [3.8, 4) is 23.7 Å².